The first-order valence-electron chi connectivity index (χ1n) is 5.86. The number of hydrogen-bond acceptors (Lipinski definition) is 2. The molecule has 0 heterocycles. The molecule has 1 aliphatic carbocycles. The molecule has 17 heavy (non-hydrogen) atoms. The number of likely N-dealkylation sites (N-methyl/N-ethyl adjacent to an activating group) is 1. The fraction of sp³-hybridized carbons (Fsp3) is 0.462. The topological polar surface area (TPSA) is 55.1 Å². The third-order valence-electron chi connectivity index (χ3n) is 3.19. The summed E-state index contributed by atoms with van der Waals surface area (Å²) in [4.78, 5) is 11.3. The van der Waals surface area contributed by atoms with E-state index in [1.165, 1.54) is 12.8 Å². The minimum atomic E-state index is -0.00161. The lowest BCUT2D eigenvalue weighted by Gasteiger charge is -2.14. The summed E-state index contributed by atoms with van der Waals surface area (Å²) in [5.74, 6) is 0.556. The number of carbonyl (C=O) groups excluding carboxylic acids is 1. The Morgan fingerprint density at radius 1 is 1.59 bits per heavy atom. The Morgan fingerprint density at radius 3 is 2.88 bits per heavy atom. The molecule has 1 unspecified atom stereocenters. The monoisotopic (exact) mass is 252 g/mol. The first-order valence-corrected chi connectivity index (χ1v) is 6.24. The van der Waals surface area contributed by atoms with E-state index in [1.54, 1.807) is 7.05 Å². The van der Waals surface area contributed by atoms with E-state index in [9.17, 15) is 4.79 Å². The zero-order valence-electron chi connectivity index (χ0n) is 9.87. The standard InChI is InChI=1S/C13H17ClN2O/c1-16-12(17)7-8-2-5-11(14)10(6-8)13(15)9-3-4-9/h2,5-6,9,13H,3-4,7,15H2,1H3,(H,16,17). The summed E-state index contributed by atoms with van der Waals surface area (Å²) in [5, 5.41) is 3.31. The highest BCUT2D eigenvalue weighted by Crippen LogP contribution is 2.41. The van der Waals surface area contributed by atoms with E-state index in [0.717, 1.165) is 11.1 Å². The van der Waals surface area contributed by atoms with Crippen LogP contribution in [0.4, 0.5) is 0 Å². The summed E-state index contributed by atoms with van der Waals surface area (Å²) >= 11 is 6.15. The van der Waals surface area contributed by atoms with Crippen molar-refractivity contribution in [1.82, 2.24) is 5.32 Å². The third-order valence-corrected chi connectivity index (χ3v) is 3.54. The Labute approximate surface area is 106 Å². The second-order valence-electron chi connectivity index (χ2n) is 4.57. The Kier molecular flexibility index (Phi) is 3.69. The summed E-state index contributed by atoms with van der Waals surface area (Å²) in [7, 11) is 1.63. The molecule has 2 rings (SSSR count). The largest absolute Gasteiger partial charge is 0.359 e. The van der Waals surface area contributed by atoms with Crippen molar-refractivity contribution in [1.29, 1.82) is 0 Å². The van der Waals surface area contributed by atoms with Crippen LogP contribution in [-0.4, -0.2) is 13.0 Å². The molecule has 3 N–H and O–H groups in total. The van der Waals surface area contributed by atoms with E-state index in [1.807, 2.05) is 18.2 Å². The molecule has 1 saturated carbocycles. The maximum absolute atomic E-state index is 11.3. The first-order chi connectivity index (χ1) is 8.11. The SMILES string of the molecule is CNC(=O)Cc1ccc(Cl)c(C(N)C2CC2)c1. The van der Waals surface area contributed by atoms with E-state index in [4.69, 9.17) is 17.3 Å². The van der Waals surface area contributed by atoms with E-state index >= 15 is 0 Å². The highest BCUT2D eigenvalue weighted by Gasteiger charge is 2.30. The number of rotatable bonds is 4. The van der Waals surface area contributed by atoms with Crippen molar-refractivity contribution in [3.05, 3.63) is 34.3 Å². The molecular formula is C13H17ClN2O. The van der Waals surface area contributed by atoms with Gasteiger partial charge in [-0.2, -0.15) is 0 Å². The Balaban J connectivity index is 2.19. The normalized spacial score (nSPS) is 16.6. The Hall–Kier alpha value is -1.06. The van der Waals surface area contributed by atoms with Gasteiger partial charge in [0.15, 0.2) is 0 Å². The predicted octanol–water partition coefficient (Wildman–Crippen LogP) is 2.04. The number of hydrogen-bond donors (Lipinski definition) is 2. The maximum atomic E-state index is 11.3. The van der Waals surface area contributed by atoms with E-state index in [0.29, 0.717) is 17.4 Å². The molecule has 0 spiro atoms. The van der Waals surface area contributed by atoms with Crippen LogP contribution in [0.2, 0.25) is 5.02 Å². The highest BCUT2D eigenvalue weighted by molar-refractivity contribution is 6.31. The van der Waals surface area contributed by atoms with Gasteiger partial charge in [0.1, 0.15) is 0 Å². The van der Waals surface area contributed by atoms with Gasteiger partial charge in [-0.25, -0.2) is 0 Å². The minimum absolute atomic E-state index is 0.00161. The zero-order valence-corrected chi connectivity index (χ0v) is 10.6. The van der Waals surface area contributed by atoms with Crippen LogP contribution in [0.15, 0.2) is 18.2 Å². The van der Waals surface area contributed by atoms with Crippen LogP contribution in [0, 0.1) is 5.92 Å². The summed E-state index contributed by atoms with van der Waals surface area (Å²) in [6.45, 7) is 0. The number of amides is 1. The smallest absolute Gasteiger partial charge is 0.224 e. The van der Waals surface area contributed by atoms with Crippen molar-refractivity contribution in [2.75, 3.05) is 7.05 Å². The van der Waals surface area contributed by atoms with Crippen molar-refractivity contribution >= 4 is 17.5 Å². The van der Waals surface area contributed by atoms with Crippen molar-refractivity contribution in [3.63, 3.8) is 0 Å². The molecule has 1 aromatic rings. The van der Waals surface area contributed by atoms with Crippen LogP contribution in [-0.2, 0) is 11.2 Å². The number of nitrogens with one attached hydrogen (secondary N) is 1. The molecule has 1 fully saturated rings. The van der Waals surface area contributed by atoms with Crippen molar-refractivity contribution in [2.24, 2.45) is 11.7 Å². The molecule has 0 bridgehead atoms. The molecule has 0 aromatic heterocycles. The molecule has 1 aliphatic rings. The van der Waals surface area contributed by atoms with E-state index in [-0.39, 0.29) is 11.9 Å². The van der Waals surface area contributed by atoms with Gasteiger partial charge >= 0.3 is 0 Å². The van der Waals surface area contributed by atoms with Gasteiger partial charge in [-0.3, -0.25) is 4.79 Å². The molecule has 0 aliphatic heterocycles. The second-order valence-corrected chi connectivity index (χ2v) is 4.98. The number of benzene rings is 1. The fourth-order valence-corrected chi connectivity index (χ4v) is 2.19. The van der Waals surface area contributed by atoms with Crippen molar-refractivity contribution < 1.29 is 4.79 Å². The summed E-state index contributed by atoms with van der Waals surface area (Å²) < 4.78 is 0. The van der Waals surface area contributed by atoms with Crippen molar-refractivity contribution in [2.45, 2.75) is 25.3 Å². The molecule has 0 radical (unpaired) electrons. The molecule has 92 valence electrons. The maximum Gasteiger partial charge on any atom is 0.224 e. The predicted molar refractivity (Wildman–Crippen MR) is 68.9 cm³/mol. The van der Waals surface area contributed by atoms with Crippen molar-refractivity contribution in [3.8, 4) is 0 Å². The quantitative estimate of drug-likeness (QED) is 0.862. The molecule has 1 aromatic carbocycles. The lowest BCUT2D eigenvalue weighted by Crippen LogP contribution is -2.20. The summed E-state index contributed by atoms with van der Waals surface area (Å²) in [6.07, 6.45) is 2.73. The third kappa shape index (κ3) is 2.99. The van der Waals surface area contributed by atoms with Gasteiger partial charge < -0.3 is 11.1 Å². The molecule has 3 nitrogen and oxygen atoms in total. The van der Waals surface area contributed by atoms with Crippen LogP contribution in [0.1, 0.15) is 30.0 Å². The van der Waals surface area contributed by atoms with Gasteiger partial charge in [0.05, 0.1) is 6.42 Å². The van der Waals surface area contributed by atoms with E-state index < -0.39 is 0 Å². The van der Waals surface area contributed by atoms with Gasteiger partial charge in [-0.15, -0.1) is 0 Å². The molecule has 1 atom stereocenters. The number of halogens is 1. The first kappa shape index (κ1) is 12.4. The van der Waals surface area contributed by atoms with Gasteiger partial charge in [-0.05, 0) is 36.0 Å². The van der Waals surface area contributed by atoms with Gasteiger partial charge in [-0.1, -0.05) is 23.7 Å². The van der Waals surface area contributed by atoms with Crippen LogP contribution in [0.25, 0.3) is 0 Å². The fourth-order valence-electron chi connectivity index (χ4n) is 1.94. The summed E-state index contributed by atoms with van der Waals surface area (Å²) in [5.41, 5.74) is 8.07. The molecule has 0 saturated heterocycles. The van der Waals surface area contributed by atoms with Crippen LogP contribution < -0.4 is 11.1 Å². The lowest BCUT2D eigenvalue weighted by molar-refractivity contribution is -0.119. The number of carbonyl (C=O) groups is 1. The minimum Gasteiger partial charge on any atom is -0.359 e. The molecule has 1 amide bonds. The zero-order chi connectivity index (χ0) is 12.4. The van der Waals surface area contributed by atoms with E-state index in [2.05, 4.69) is 5.32 Å². The Morgan fingerprint density at radius 2 is 2.29 bits per heavy atom. The van der Waals surface area contributed by atoms with Crippen LogP contribution in [0.3, 0.4) is 0 Å². The van der Waals surface area contributed by atoms with Gasteiger partial charge in [0, 0.05) is 18.1 Å². The summed E-state index contributed by atoms with van der Waals surface area (Å²) in [6, 6.07) is 5.67. The molecular weight excluding hydrogens is 236 g/mol. The van der Waals surface area contributed by atoms with Gasteiger partial charge in [0.2, 0.25) is 5.91 Å². The second kappa shape index (κ2) is 5.07. The molecule has 4 heteroatoms. The average Bonchev–Trinajstić information content (AvgIpc) is 3.14. The Bertz CT molecular complexity index is 429. The highest BCUT2D eigenvalue weighted by atomic mass is 35.5. The van der Waals surface area contributed by atoms with Crippen LogP contribution >= 0.6 is 11.6 Å². The van der Waals surface area contributed by atoms with Gasteiger partial charge in [0.25, 0.3) is 0 Å². The lowest BCUT2D eigenvalue weighted by atomic mass is 9.99. The number of nitrogens with two attached hydrogens (primary N) is 1. The van der Waals surface area contributed by atoms with Crippen LogP contribution in [0.5, 0.6) is 0 Å². The average molecular weight is 253 g/mol.